The van der Waals surface area contributed by atoms with E-state index in [1.54, 1.807) is 24.4 Å². The number of amides is 2. The molecule has 2 heterocycles. The summed E-state index contributed by atoms with van der Waals surface area (Å²) in [5.74, 6) is -0.0952. The predicted octanol–water partition coefficient (Wildman–Crippen LogP) is 4.56. The molecule has 10 heteroatoms. The minimum Gasteiger partial charge on any atom is -0.302 e. The Labute approximate surface area is 179 Å². The van der Waals surface area contributed by atoms with Gasteiger partial charge in [0.25, 0.3) is 5.91 Å². The van der Waals surface area contributed by atoms with Crippen LogP contribution in [-0.4, -0.2) is 22.0 Å². The van der Waals surface area contributed by atoms with Crippen LogP contribution in [0.2, 0.25) is 10.0 Å². The molecule has 144 valence electrons. The molecule has 1 aliphatic heterocycles. The summed E-state index contributed by atoms with van der Waals surface area (Å²) in [6, 6.07) is 5.36. The maximum Gasteiger partial charge on any atom is 0.264 e. The largest absolute Gasteiger partial charge is 0.302 e. The lowest BCUT2D eigenvalue weighted by Crippen LogP contribution is -2.19. The zero-order valence-corrected chi connectivity index (χ0v) is 17.5. The molecule has 0 radical (unpaired) electrons. The minimum atomic E-state index is -0.224. The van der Waals surface area contributed by atoms with Crippen molar-refractivity contribution in [1.82, 2.24) is 10.3 Å². The number of benzene rings is 1. The standard InChI is InChI=1S/C18H14Cl2N4O2S2/c19-12-3-1-2-10(14(12)20)7-21-18-24-16(26)13(28-18)6-11-8-22-17(27-11)23-15(25)9-4-5-9/h1-3,6,8-9H,4-5,7H2,(H,21,24,26)(H,22,23,25)/b13-6-. The highest BCUT2D eigenvalue weighted by molar-refractivity contribution is 8.18. The molecule has 4 rings (SSSR count). The Bertz CT molecular complexity index is 1010. The average Bonchev–Trinajstić information content (AvgIpc) is 3.35. The number of aliphatic imine (C=N–C) groups is 1. The fourth-order valence-electron chi connectivity index (χ4n) is 2.42. The average molecular weight is 453 g/mol. The van der Waals surface area contributed by atoms with Gasteiger partial charge in [0, 0.05) is 12.1 Å². The molecule has 6 nitrogen and oxygen atoms in total. The van der Waals surface area contributed by atoms with Crippen molar-refractivity contribution in [1.29, 1.82) is 0 Å². The van der Waals surface area contributed by atoms with Crippen LogP contribution in [0.15, 0.2) is 34.3 Å². The van der Waals surface area contributed by atoms with E-state index in [0.29, 0.717) is 31.8 Å². The second-order valence-corrected chi connectivity index (χ2v) is 9.11. The predicted molar refractivity (Wildman–Crippen MR) is 115 cm³/mol. The number of thioether (sulfide) groups is 1. The molecule has 0 unspecified atom stereocenters. The number of hydrogen-bond acceptors (Lipinski definition) is 6. The topological polar surface area (TPSA) is 83.4 Å². The van der Waals surface area contributed by atoms with Crippen molar-refractivity contribution in [3.63, 3.8) is 0 Å². The number of amidine groups is 1. The van der Waals surface area contributed by atoms with Gasteiger partial charge in [-0.05, 0) is 42.3 Å². The number of carbonyl (C=O) groups is 2. The molecule has 2 N–H and O–H groups in total. The summed E-state index contributed by atoms with van der Waals surface area (Å²) in [6.07, 6.45) is 5.25. The third-order valence-corrected chi connectivity index (χ3v) is 6.72. The van der Waals surface area contributed by atoms with Gasteiger partial charge in [-0.2, -0.15) is 0 Å². The van der Waals surface area contributed by atoms with Crippen LogP contribution in [0, 0.1) is 5.92 Å². The maximum atomic E-state index is 12.2. The summed E-state index contributed by atoms with van der Waals surface area (Å²) < 4.78 is 0. The van der Waals surface area contributed by atoms with Gasteiger partial charge in [0.15, 0.2) is 10.3 Å². The van der Waals surface area contributed by atoms with E-state index in [1.807, 2.05) is 6.07 Å². The Kier molecular flexibility index (Phi) is 5.73. The van der Waals surface area contributed by atoms with Crippen LogP contribution in [0.4, 0.5) is 5.13 Å². The van der Waals surface area contributed by atoms with Crippen LogP contribution in [0.3, 0.4) is 0 Å². The van der Waals surface area contributed by atoms with E-state index in [4.69, 9.17) is 23.2 Å². The summed E-state index contributed by atoms with van der Waals surface area (Å²) in [5, 5.41) is 7.51. The summed E-state index contributed by atoms with van der Waals surface area (Å²) in [6.45, 7) is 0.313. The first-order valence-corrected chi connectivity index (χ1v) is 10.8. The molecule has 2 amide bonds. The Morgan fingerprint density at radius 2 is 2.21 bits per heavy atom. The van der Waals surface area contributed by atoms with Crippen LogP contribution in [0.25, 0.3) is 6.08 Å². The molecular formula is C18H14Cl2N4O2S2. The van der Waals surface area contributed by atoms with Crippen molar-refractivity contribution in [2.24, 2.45) is 10.9 Å². The smallest absolute Gasteiger partial charge is 0.264 e. The van der Waals surface area contributed by atoms with E-state index in [0.717, 1.165) is 23.3 Å². The van der Waals surface area contributed by atoms with Crippen LogP contribution in [0.5, 0.6) is 0 Å². The minimum absolute atomic E-state index is 0.00985. The monoisotopic (exact) mass is 452 g/mol. The fourth-order valence-corrected chi connectivity index (χ4v) is 4.45. The highest BCUT2D eigenvalue weighted by Gasteiger charge is 2.30. The van der Waals surface area contributed by atoms with Crippen LogP contribution < -0.4 is 10.6 Å². The second kappa shape index (κ2) is 8.24. The second-order valence-electron chi connectivity index (χ2n) is 6.23. The first kappa shape index (κ1) is 19.4. The van der Waals surface area contributed by atoms with Crippen molar-refractivity contribution in [2.75, 3.05) is 5.32 Å². The first-order valence-electron chi connectivity index (χ1n) is 8.44. The molecule has 1 aliphatic carbocycles. The van der Waals surface area contributed by atoms with E-state index >= 15 is 0 Å². The lowest BCUT2D eigenvalue weighted by atomic mass is 10.2. The van der Waals surface area contributed by atoms with Crippen LogP contribution in [-0.2, 0) is 16.1 Å². The summed E-state index contributed by atoms with van der Waals surface area (Å²) >= 11 is 14.7. The zero-order valence-electron chi connectivity index (χ0n) is 14.4. The number of nitrogens with zero attached hydrogens (tertiary/aromatic N) is 2. The number of carbonyl (C=O) groups excluding carboxylic acids is 2. The molecule has 2 aromatic rings. The number of halogens is 2. The number of anilines is 1. The summed E-state index contributed by atoms with van der Waals surface area (Å²) in [4.78, 5) is 33.9. The van der Waals surface area contributed by atoms with E-state index in [1.165, 1.54) is 23.1 Å². The Morgan fingerprint density at radius 3 is 3.00 bits per heavy atom. The molecule has 1 aromatic heterocycles. The molecule has 0 bridgehead atoms. The van der Waals surface area contributed by atoms with Gasteiger partial charge >= 0.3 is 0 Å². The molecule has 1 saturated carbocycles. The molecule has 1 aromatic carbocycles. The molecule has 2 aliphatic rings. The van der Waals surface area contributed by atoms with E-state index in [-0.39, 0.29) is 17.7 Å². The van der Waals surface area contributed by atoms with Crippen molar-refractivity contribution < 1.29 is 9.59 Å². The molecule has 1 saturated heterocycles. The third-order valence-electron chi connectivity index (χ3n) is 4.05. The van der Waals surface area contributed by atoms with Crippen molar-refractivity contribution in [2.45, 2.75) is 19.4 Å². The van der Waals surface area contributed by atoms with E-state index in [2.05, 4.69) is 20.6 Å². The number of nitrogens with one attached hydrogen (secondary N) is 2. The lowest BCUT2D eigenvalue weighted by molar-refractivity contribution is -0.117. The van der Waals surface area contributed by atoms with Gasteiger partial charge in [-0.1, -0.05) is 46.7 Å². The van der Waals surface area contributed by atoms with Crippen molar-refractivity contribution >= 4 is 74.5 Å². The van der Waals surface area contributed by atoms with Gasteiger partial charge in [-0.3, -0.25) is 14.6 Å². The van der Waals surface area contributed by atoms with Gasteiger partial charge in [-0.25, -0.2) is 4.98 Å². The normalized spacial score (nSPS) is 19.3. The molecule has 0 spiro atoms. The third kappa shape index (κ3) is 4.57. The number of rotatable bonds is 5. The summed E-state index contributed by atoms with van der Waals surface area (Å²) in [7, 11) is 0. The maximum absolute atomic E-state index is 12.2. The van der Waals surface area contributed by atoms with E-state index < -0.39 is 0 Å². The summed E-state index contributed by atoms with van der Waals surface area (Å²) in [5.41, 5.74) is 0.785. The van der Waals surface area contributed by atoms with Gasteiger partial charge in [0.05, 0.1) is 26.4 Å². The number of hydrogen-bond donors (Lipinski definition) is 2. The number of aromatic nitrogens is 1. The highest BCUT2D eigenvalue weighted by atomic mass is 35.5. The van der Waals surface area contributed by atoms with Gasteiger partial charge in [0.2, 0.25) is 5.91 Å². The van der Waals surface area contributed by atoms with Crippen molar-refractivity contribution in [3.8, 4) is 0 Å². The fraction of sp³-hybridized carbons (Fsp3) is 0.222. The van der Waals surface area contributed by atoms with Crippen LogP contribution >= 0.6 is 46.3 Å². The lowest BCUT2D eigenvalue weighted by Gasteiger charge is -2.02. The van der Waals surface area contributed by atoms with Gasteiger partial charge in [-0.15, -0.1) is 0 Å². The molecule has 0 atom stereocenters. The zero-order chi connectivity index (χ0) is 19.7. The highest BCUT2D eigenvalue weighted by Crippen LogP contribution is 2.32. The quantitative estimate of drug-likeness (QED) is 0.651. The molecular weight excluding hydrogens is 439 g/mol. The Balaban J connectivity index is 1.42. The first-order chi connectivity index (χ1) is 13.5. The van der Waals surface area contributed by atoms with Gasteiger partial charge < -0.3 is 10.6 Å². The number of thiazole rings is 1. The van der Waals surface area contributed by atoms with Gasteiger partial charge in [0.1, 0.15) is 0 Å². The van der Waals surface area contributed by atoms with Crippen LogP contribution in [0.1, 0.15) is 23.3 Å². The Morgan fingerprint density at radius 1 is 1.39 bits per heavy atom. The molecule has 2 fully saturated rings. The Hall–Kier alpha value is -1.87. The van der Waals surface area contributed by atoms with Crippen molar-refractivity contribution in [3.05, 3.63) is 49.8 Å². The SMILES string of the molecule is O=C1N/C(=N/Cc2cccc(Cl)c2Cl)S/C1=C\c1cnc(NC(=O)C2CC2)s1. The van der Waals surface area contributed by atoms with E-state index in [9.17, 15) is 9.59 Å². The molecule has 28 heavy (non-hydrogen) atoms.